The van der Waals surface area contributed by atoms with E-state index in [0.29, 0.717) is 5.02 Å². The largest absolute Gasteiger partial charge is 0.131 e. The highest BCUT2D eigenvalue weighted by molar-refractivity contribution is 6.30. The van der Waals surface area contributed by atoms with Crippen LogP contribution < -0.4 is 0 Å². The van der Waals surface area contributed by atoms with Crippen molar-refractivity contribution in [3.63, 3.8) is 0 Å². The van der Waals surface area contributed by atoms with Crippen LogP contribution >= 0.6 is 11.6 Å². The molecule has 0 aliphatic carbocycles. The number of hydrogen-bond donors (Lipinski definition) is 0. The highest BCUT2D eigenvalue weighted by Gasteiger charge is 2.09. The maximum absolute atomic E-state index is 5.89. The van der Waals surface area contributed by atoms with Crippen LogP contribution in [0.15, 0.2) is 24.3 Å². The summed E-state index contributed by atoms with van der Waals surface area (Å²) in [4.78, 5) is 0. The molecule has 0 spiro atoms. The number of hydrogen-bond acceptors (Lipinski definition) is 4. The van der Waals surface area contributed by atoms with Crippen LogP contribution in [0.25, 0.3) is 11.3 Å². The third-order valence-electron chi connectivity index (χ3n) is 3.01. The van der Waals surface area contributed by atoms with Crippen molar-refractivity contribution in [1.82, 2.24) is 20.6 Å². The summed E-state index contributed by atoms with van der Waals surface area (Å²) < 4.78 is 0. The second-order valence-corrected chi connectivity index (χ2v) is 4.93. The van der Waals surface area contributed by atoms with E-state index in [1.165, 1.54) is 19.3 Å². The fourth-order valence-corrected chi connectivity index (χ4v) is 2.09. The third-order valence-corrected chi connectivity index (χ3v) is 3.26. The van der Waals surface area contributed by atoms with Gasteiger partial charge in [0, 0.05) is 10.6 Å². The minimum absolute atomic E-state index is 0.711. The number of aromatic nitrogens is 4. The fourth-order valence-electron chi connectivity index (χ4n) is 1.96. The minimum Gasteiger partial charge on any atom is -0.131 e. The molecule has 100 valence electrons. The van der Waals surface area contributed by atoms with E-state index in [4.69, 9.17) is 11.6 Å². The SMILES string of the molecule is CCCCCCc1nnnnc1-c1ccc(Cl)cc1. The predicted octanol–water partition coefficient (Wildman–Crippen LogP) is 3.71. The highest BCUT2D eigenvalue weighted by atomic mass is 35.5. The van der Waals surface area contributed by atoms with E-state index in [1.807, 2.05) is 24.3 Å². The monoisotopic (exact) mass is 276 g/mol. The van der Waals surface area contributed by atoms with Crippen LogP contribution in [0, 0.1) is 0 Å². The van der Waals surface area contributed by atoms with Crippen LogP contribution in [0.1, 0.15) is 38.3 Å². The van der Waals surface area contributed by atoms with Gasteiger partial charge in [-0.25, -0.2) is 0 Å². The smallest absolute Gasteiger partial charge is 0.118 e. The Balaban J connectivity index is 2.14. The van der Waals surface area contributed by atoms with Gasteiger partial charge in [-0.3, -0.25) is 0 Å². The lowest BCUT2D eigenvalue weighted by atomic mass is 10.1. The molecule has 0 unspecified atom stereocenters. The van der Waals surface area contributed by atoms with E-state index in [-0.39, 0.29) is 0 Å². The molecule has 0 radical (unpaired) electrons. The first-order valence-electron chi connectivity index (χ1n) is 6.62. The van der Waals surface area contributed by atoms with Gasteiger partial charge in [0.15, 0.2) is 0 Å². The molecule has 1 heterocycles. The Hall–Kier alpha value is -1.55. The summed E-state index contributed by atoms with van der Waals surface area (Å²) in [5.41, 5.74) is 2.70. The van der Waals surface area contributed by atoms with E-state index in [0.717, 1.165) is 29.8 Å². The Morgan fingerprint density at radius 1 is 0.947 bits per heavy atom. The lowest BCUT2D eigenvalue weighted by Gasteiger charge is -2.05. The van der Waals surface area contributed by atoms with Crippen molar-refractivity contribution in [2.75, 3.05) is 0 Å². The van der Waals surface area contributed by atoms with Crippen LogP contribution in [0.5, 0.6) is 0 Å². The number of aryl methyl sites for hydroxylation is 1. The molecule has 0 saturated carbocycles. The maximum Gasteiger partial charge on any atom is 0.118 e. The number of unbranched alkanes of at least 4 members (excludes halogenated alkanes) is 3. The molecular weight excluding hydrogens is 260 g/mol. The molecule has 4 nitrogen and oxygen atoms in total. The highest BCUT2D eigenvalue weighted by Crippen LogP contribution is 2.22. The van der Waals surface area contributed by atoms with Crippen LogP contribution in [0.2, 0.25) is 5.02 Å². The van der Waals surface area contributed by atoms with Gasteiger partial charge in [0.1, 0.15) is 5.69 Å². The van der Waals surface area contributed by atoms with E-state index in [2.05, 4.69) is 27.5 Å². The van der Waals surface area contributed by atoms with Crippen molar-refractivity contribution in [2.24, 2.45) is 0 Å². The normalized spacial score (nSPS) is 10.6. The molecule has 1 aromatic carbocycles. The summed E-state index contributed by atoms with van der Waals surface area (Å²) in [5.74, 6) is 0. The second-order valence-electron chi connectivity index (χ2n) is 4.49. The summed E-state index contributed by atoms with van der Waals surface area (Å²) in [6.45, 7) is 2.20. The van der Waals surface area contributed by atoms with Crippen LogP contribution in [0.4, 0.5) is 0 Å². The van der Waals surface area contributed by atoms with Crippen molar-refractivity contribution in [2.45, 2.75) is 39.0 Å². The van der Waals surface area contributed by atoms with Gasteiger partial charge in [-0.2, -0.15) is 0 Å². The maximum atomic E-state index is 5.89. The Kier molecular flexibility index (Phi) is 5.21. The van der Waals surface area contributed by atoms with Gasteiger partial charge in [-0.1, -0.05) is 49.9 Å². The zero-order valence-electron chi connectivity index (χ0n) is 11.0. The predicted molar refractivity (Wildman–Crippen MR) is 75.9 cm³/mol. The van der Waals surface area contributed by atoms with Crippen LogP contribution in [0.3, 0.4) is 0 Å². The number of rotatable bonds is 6. The summed E-state index contributed by atoms with van der Waals surface area (Å²) >= 11 is 5.89. The van der Waals surface area contributed by atoms with Gasteiger partial charge in [-0.05, 0) is 35.4 Å². The average Bonchev–Trinajstić information content (AvgIpc) is 2.45. The van der Waals surface area contributed by atoms with Crippen molar-refractivity contribution in [3.8, 4) is 11.3 Å². The quantitative estimate of drug-likeness (QED) is 0.755. The van der Waals surface area contributed by atoms with E-state index >= 15 is 0 Å². The Morgan fingerprint density at radius 2 is 1.68 bits per heavy atom. The molecule has 0 aliphatic heterocycles. The van der Waals surface area contributed by atoms with Gasteiger partial charge in [-0.15, -0.1) is 10.2 Å². The summed E-state index contributed by atoms with van der Waals surface area (Å²) in [6.07, 6.45) is 5.68. The first-order chi connectivity index (χ1) is 9.31. The second kappa shape index (κ2) is 7.14. The van der Waals surface area contributed by atoms with Gasteiger partial charge in [0.2, 0.25) is 0 Å². The molecule has 0 atom stereocenters. The van der Waals surface area contributed by atoms with Crippen molar-refractivity contribution < 1.29 is 0 Å². The summed E-state index contributed by atoms with van der Waals surface area (Å²) in [6, 6.07) is 7.56. The Labute approximate surface area is 118 Å². The lowest BCUT2D eigenvalue weighted by Crippen LogP contribution is -2.03. The van der Waals surface area contributed by atoms with Gasteiger partial charge >= 0.3 is 0 Å². The Morgan fingerprint density at radius 3 is 2.42 bits per heavy atom. The topological polar surface area (TPSA) is 51.6 Å². The molecule has 2 aromatic rings. The molecular formula is C14H17ClN4. The van der Waals surface area contributed by atoms with Crippen molar-refractivity contribution in [1.29, 1.82) is 0 Å². The van der Waals surface area contributed by atoms with E-state index < -0.39 is 0 Å². The number of halogens is 1. The van der Waals surface area contributed by atoms with Gasteiger partial charge in [0.25, 0.3) is 0 Å². The molecule has 1 aromatic heterocycles. The first kappa shape index (κ1) is 13.9. The molecule has 19 heavy (non-hydrogen) atoms. The van der Waals surface area contributed by atoms with E-state index in [1.54, 1.807) is 0 Å². The van der Waals surface area contributed by atoms with E-state index in [9.17, 15) is 0 Å². The van der Waals surface area contributed by atoms with Crippen molar-refractivity contribution >= 4 is 11.6 Å². The third kappa shape index (κ3) is 3.96. The minimum atomic E-state index is 0.711. The molecule has 0 amide bonds. The Bertz CT molecular complexity index is 513. The molecule has 0 saturated heterocycles. The standard InChI is InChI=1S/C14H17ClN4/c1-2-3-4-5-6-13-14(17-19-18-16-13)11-7-9-12(15)10-8-11/h7-10H,2-6H2,1H3. The first-order valence-corrected chi connectivity index (χ1v) is 7.00. The zero-order valence-corrected chi connectivity index (χ0v) is 11.8. The van der Waals surface area contributed by atoms with Gasteiger partial charge in [0.05, 0.1) is 5.69 Å². The summed E-state index contributed by atoms with van der Waals surface area (Å²) in [7, 11) is 0. The lowest BCUT2D eigenvalue weighted by molar-refractivity contribution is 0.641. The van der Waals surface area contributed by atoms with Crippen LogP contribution in [-0.4, -0.2) is 20.6 Å². The van der Waals surface area contributed by atoms with Gasteiger partial charge < -0.3 is 0 Å². The van der Waals surface area contributed by atoms with Crippen LogP contribution in [-0.2, 0) is 6.42 Å². The summed E-state index contributed by atoms with van der Waals surface area (Å²) in [5, 5.41) is 16.2. The number of nitrogens with zero attached hydrogens (tertiary/aromatic N) is 4. The average molecular weight is 277 g/mol. The fraction of sp³-hybridized carbons (Fsp3) is 0.429. The van der Waals surface area contributed by atoms with Crippen molar-refractivity contribution in [3.05, 3.63) is 35.0 Å². The molecule has 0 bridgehead atoms. The molecule has 5 heteroatoms. The number of benzene rings is 1. The molecule has 0 fully saturated rings. The zero-order chi connectivity index (χ0) is 13.5. The molecule has 0 aliphatic rings. The molecule has 0 N–H and O–H groups in total. The molecule has 2 rings (SSSR count).